The third-order valence-electron chi connectivity index (χ3n) is 17.1. The van der Waals surface area contributed by atoms with Crippen LogP contribution in [0.3, 0.4) is 0 Å². The molecule has 9 rings (SSSR count). The number of halogens is 4. The molecule has 48 heteroatoms. The molecule has 0 heterocycles. The number of esters is 4. The van der Waals surface area contributed by atoms with Crippen molar-refractivity contribution in [1.29, 1.82) is 0 Å². The molecule has 0 fully saturated rings. The number of alkyl carbamates (subject to hydrolysis) is 3. The van der Waals surface area contributed by atoms with Crippen molar-refractivity contribution >= 4 is 125 Å². The highest BCUT2D eigenvalue weighted by molar-refractivity contribution is 6.07. The fraction of sp³-hybridized carbons (Fsp3) is 0.344. The van der Waals surface area contributed by atoms with Crippen LogP contribution in [0.15, 0.2) is 188 Å². The molecule has 0 atom stereocenters. The molecule has 0 unspecified atom stereocenters. The van der Waals surface area contributed by atoms with E-state index >= 15 is 0 Å². The van der Waals surface area contributed by atoms with E-state index in [4.69, 9.17) is 56.6 Å². The van der Waals surface area contributed by atoms with Gasteiger partial charge >= 0.3 is 66.2 Å². The molecular weight excluding hydrogens is 1890 g/mol. The predicted molar refractivity (Wildman–Crippen MR) is 498 cm³/mol. The van der Waals surface area contributed by atoms with Gasteiger partial charge in [0.05, 0.1) is 57.7 Å². The zero-order chi connectivity index (χ0) is 103. The van der Waals surface area contributed by atoms with Crippen molar-refractivity contribution in [2.45, 2.75) is 105 Å². The number of aliphatic carboxylic acids is 3. The summed E-state index contributed by atoms with van der Waals surface area (Å²) >= 11 is 4.89. The third-order valence-corrected chi connectivity index (χ3v) is 17.2. The number of hydrazine groups is 1. The Labute approximate surface area is 813 Å². The SMILES string of the molecule is C.CC(=O)OCC1c2ccccc2-c2ccccc21.CC(C)(C)OC(=O)NCC(=O)NCC(=O)OCc1ccccc1.CC(C)(C)OC(=O)NCC(=O)O.NCC(=O)NCC(=O)NCC(=O)NCC(=O)O.O=C(CNNCC(=O)OC(=O)C(F)(F)F)Cc1ccccc1.O=C(CNOCl)Cc1ccccc1.O=C(O)CNC(=O)CNC(=O)CNC(=O)CNC(=O)OCC1c2ccccc2-c2ccccc21.[OH-]. The number of hydrogen-bond donors (Lipinski definition) is 17. The third kappa shape index (κ3) is 56.0. The average molecular weight is 2000 g/mol. The number of ketones is 2. The second-order valence-electron chi connectivity index (χ2n) is 30.7. The van der Waals surface area contributed by atoms with Gasteiger partial charge in [0, 0.05) is 31.6 Å². The van der Waals surface area contributed by atoms with E-state index in [1.807, 2.05) is 140 Å². The molecule has 7 aromatic rings. The molecule has 2 aliphatic rings. The lowest BCUT2D eigenvalue weighted by Gasteiger charge is -2.19. The van der Waals surface area contributed by atoms with Crippen molar-refractivity contribution in [3.05, 3.63) is 227 Å². The van der Waals surface area contributed by atoms with Gasteiger partial charge in [0.1, 0.15) is 76.8 Å². The molecule has 19 N–H and O–H groups in total. The first-order valence-electron chi connectivity index (χ1n) is 41.9. The second kappa shape index (κ2) is 66.7. The van der Waals surface area contributed by atoms with Gasteiger partial charge in [0.2, 0.25) is 41.4 Å². The van der Waals surface area contributed by atoms with E-state index in [2.05, 4.69) is 103 Å². The van der Waals surface area contributed by atoms with Gasteiger partial charge < -0.3 is 108 Å². The number of ether oxygens (including phenoxy) is 6. The van der Waals surface area contributed by atoms with Crippen LogP contribution in [0, 0.1) is 0 Å². The van der Waals surface area contributed by atoms with Crippen LogP contribution in [0.1, 0.15) is 107 Å². The average Bonchev–Trinajstić information content (AvgIpc) is 1.62. The summed E-state index contributed by atoms with van der Waals surface area (Å²) in [5.74, 6) is -12.5. The Hall–Kier alpha value is -15.7. The molecule has 0 spiro atoms. The quantitative estimate of drug-likeness (QED) is 0.00847. The minimum Gasteiger partial charge on any atom is -0.870 e. The van der Waals surface area contributed by atoms with Gasteiger partial charge in [-0.15, -0.1) is 0 Å². The van der Waals surface area contributed by atoms with Crippen LogP contribution in [0.5, 0.6) is 0 Å². The van der Waals surface area contributed by atoms with E-state index in [1.165, 1.54) is 29.2 Å². The Morgan fingerprint density at radius 2 is 0.652 bits per heavy atom. The van der Waals surface area contributed by atoms with Gasteiger partial charge in [-0.3, -0.25) is 71.9 Å². The maximum atomic E-state index is 12.1. The Morgan fingerprint density at radius 3 is 1.00 bits per heavy atom. The van der Waals surface area contributed by atoms with E-state index in [9.17, 15) is 104 Å². The lowest BCUT2D eigenvalue weighted by Crippen LogP contribution is -2.45. The van der Waals surface area contributed by atoms with Crippen LogP contribution in [0.2, 0.25) is 0 Å². The van der Waals surface area contributed by atoms with E-state index in [0.29, 0.717) is 13.0 Å². The van der Waals surface area contributed by atoms with Gasteiger partial charge in [0.15, 0.2) is 11.6 Å². The van der Waals surface area contributed by atoms with Gasteiger partial charge in [-0.25, -0.2) is 30.0 Å². The van der Waals surface area contributed by atoms with E-state index in [-0.39, 0.29) is 108 Å². The van der Waals surface area contributed by atoms with Crippen molar-refractivity contribution < 1.29 is 158 Å². The number of carbonyl (C=O) groups is 19. The number of carboxylic acid groups (broad SMARTS) is 3. The zero-order valence-electron chi connectivity index (χ0n) is 77.0. The Kier molecular flexibility index (Phi) is 58.4. The number of alkyl halides is 3. The van der Waals surface area contributed by atoms with Crippen molar-refractivity contribution in [2.24, 2.45) is 5.73 Å². The van der Waals surface area contributed by atoms with E-state index in [0.717, 1.165) is 38.9 Å². The normalized spacial score (nSPS) is 10.8. The van der Waals surface area contributed by atoms with Crippen LogP contribution in [-0.2, 0) is 129 Å². The summed E-state index contributed by atoms with van der Waals surface area (Å²) in [6.45, 7) is 7.50. The Bertz CT molecular complexity index is 5180. The molecule has 7 aromatic carbocycles. The summed E-state index contributed by atoms with van der Waals surface area (Å²) in [6, 6.07) is 60.1. The smallest absolute Gasteiger partial charge is 0.491 e. The fourth-order valence-corrected chi connectivity index (χ4v) is 11.3. The lowest BCUT2D eigenvalue weighted by atomic mass is 9.98. The number of benzene rings is 7. The zero-order valence-corrected chi connectivity index (χ0v) is 77.7. The number of carbonyl (C=O) groups excluding carboxylic acids is 16. The van der Waals surface area contributed by atoms with Crippen molar-refractivity contribution in [3.63, 3.8) is 0 Å². The summed E-state index contributed by atoms with van der Waals surface area (Å²) in [4.78, 5) is 210. The van der Waals surface area contributed by atoms with Gasteiger partial charge in [-0.05, 0) is 103 Å². The van der Waals surface area contributed by atoms with Gasteiger partial charge in [-0.1, -0.05) is 195 Å². The highest BCUT2D eigenvalue weighted by Crippen LogP contribution is 2.46. The molecular formula is C93H115ClF3N14O30-. The minimum atomic E-state index is -5.23. The minimum absolute atomic E-state index is 0. The van der Waals surface area contributed by atoms with Crippen LogP contribution in [0.4, 0.5) is 27.6 Å². The van der Waals surface area contributed by atoms with Crippen LogP contribution >= 0.6 is 11.9 Å². The molecule has 766 valence electrons. The second-order valence-corrected chi connectivity index (χ2v) is 30.8. The summed E-state index contributed by atoms with van der Waals surface area (Å²) in [5.41, 5.74) is 22.6. The Balaban J connectivity index is 0.000000842. The van der Waals surface area contributed by atoms with Gasteiger partial charge in [-0.2, -0.15) is 23.0 Å². The Morgan fingerprint density at radius 1 is 0.355 bits per heavy atom. The van der Waals surface area contributed by atoms with Crippen molar-refractivity contribution in [3.8, 4) is 22.3 Å². The first-order chi connectivity index (χ1) is 65.8. The maximum absolute atomic E-state index is 12.1. The van der Waals surface area contributed by atoms with E-state index in [1.54, 1.807) is 65.8 Å². The number of Topliss-reactive ketones (excluding diaryl/α,β-unsaturated/α-hetero) is 2. The highest BCUT2D eigenvalue weighted by atomic mass is 35.5. The number of fused-ring (bicyclic) bond motifs is 6. The van der Waals surface area contributed by atoms with Gasteiger partial charge in [0.25, 0.3) is 0 Å². The standard InChI is InChI=1S/C23H24N4O7.C16H22N2O5.C16H14O2.C13H13F3N2O4.C9H10ClNO2.C8H14N4O5.C7H13NO4.CH4.H2O/c28-19(24-10-20(29)26-12-22(31)32)9-25-21(30)11-27-23(33)34-13-18-16-7-3-1-5-14(16)15-6-2-4-8-17(15)18;1-16(2,3)23-15(21)18-9-13(19)17-10-14(20)22-11-12-7-5-4-6-8-12;1-11(17)18-10-16-14-8-4-2-6-12(14)13-7-3-5-9-15(13)16;14-13(15,16)12(21)22-11(20)8-18-17-7-10(19)6-9-4-2-1-3-5-9;10-13-11-7-9(12)6-8-4-2-1-3-5-8;9-1-5(13)10-2-6(14)11-3-7(15)12-4-8(16)17;1-7(2,3)12-6(11)8-4-5(9)10;;/h1-8,18H,9-13H2,(H,24,28)(H,25,30)(H,26,29)(H,27,33)(H,31,32);4-8H,9-11H2,1-3H3,(H,17,19)(H,18,21);2-9,16H,10H2,1H3;1-5,17-18H,6-8H2;1-5,11H,6-7H2;1-4,9H2,(H,10,13)(H,11,14)(H,12,15)(H,16,17);4H2,1-3H3,(H,8,11)(H,9,10);1H4;1H2/p-1. The highest BCUT2D eigenvalue weighted by Gasteiger charge is 2.42. The van der Waals surface area contributed by atoms with Crippen molar-refractivity contribution in [1.82, 2.24) is 69.5 Å². The summed E-state index contributed by atoms with van der Waals surface area (Å²) in [5, 5.41) is 47.0. The topological polar surface area (TPSA) is 662 Å². The number of hydrogen-bond acceptors (Lipinski definition) is 31. The number of nitrogens with two attached hydrogens (primary N) is 1. The lowest BCUT2D eigenvalue weighted by molar-refractivity contribution is -0.201. The van der Waals surface area contributed by atoms with Crippen molar-refractivity contribution in [2.75, 3.05) is 105 Å². The first-order valence-corrected chi connectivity index (χ1v) is 42.2. The summed E-state index contributed by atoms with van der Waals surface area (Å²) in [6.07, 6.45) is -6.84. The van der Waals surface area contributed by atoms with Crippen LogP contribution in [-0.4, -0.2) is 256 Å². The maximum Gasteiger partial charge on any atom is 0.491 e. The number of amides is 10. The molecule has 0 bridgehead atoms. The molecule has 0 aliphatic heterocycles. The number of carboxylic acids is 3. The fourth-order valence-electron chi connectivity index (χ4n) is 11.2. The monoisotopic (exact) mass is 2000 g/mol. The molecule has 2 aliphatic carbocycles. The largest absolute Gasteiger partial charge is 0.870 e. The molecule has 0 radical (unpaired) electrons. The number of rotatable bonds is 39. The van der Waals surface area contributed by atoms with Crippen LogP contribution in [0.25, 0.3) is 22.3 Å². The van der Waals surface area contributed by atoms with Crippen LogP contribution < -0.4 is 75.2 Å². The van der Waals surface area contributed by atoms with E-state index < -0.39 is 159 Å². The molecule has 10 amide bonds. The molecule has 44 nitrogen and oxygen atoms in total. The molecule has 0 saturated carbocycles. The molecule has 0 aromatic heterocycles. The summed E-state index contributed by atoms with van der Waals surface area (Å²) in [7, 11) is 0. The first kappa shape index (κ1) is 123. The summed E-state index contributed by atoms with van der Waals surface area (Å²) < 4.78 is 68.3. The number of hydroxylamine groups is 1. The molecule has 0 saturated heterocycles. The predicted octanol–water partition coefficient (Wildman–Crippen LogP) is 4.12. The number of nitrogens with one attached hydrogen (secondary N) is 13. The molecule has 141 heavy (non-hydrogen) atoms.